The Bertz CT molecular complexity index is 477. The summed E-state index contributed by atoms with van der Waals surface area (Å²) in [6.45, 7) is 0. The third-order valence-electron chi connectivity index (χ3n) is 2.23. The first kappa shape index (κ1) is 9.95. The van der Waals surface area contributed by atoms with Gasteiger partial charge in [0.25, 0.3) is 0 Å². The molecule has 0 unspecified atom stereocenters. The van der Waals surface area contributed by atoms with E-state index in [1.165, 1.54) is 5.56 Å². The van der Waals surface area contributed by atoms with Crippen molar-refractivity contribution in [2.75, 3.05) is 5.73 Å². The van der Waals surface area contributed by atoms with E-state index < -0.39 is 0 Å². The molecule has 0 saturated heterocycles. The zero-order valence-electron chi connectivity index (χ0n) is 8.35. The molecule has 0 amide bonds. The highest BCUT2D eigenvalue weighted by Crippen LogP contribution is 2.21. The van der Waals surface area contributed by atoms with Gasteiger partial charge in [0.05, 0.1) is 0 Å². The first-order valence-corrected chi connectivity index (χ1v) is 5.80. The van der Waals surface area contributed by atoms with Crippen LogP contribution in [-0.4, -0.2) is 6.30 Å². The quantitative estimate of drug-likeness (QED) is 0.602. The van der Waals surface area contributed by atoms with Crippen molar-refractivity contribution < 1.29 is 0 Å². The topological polar surface area (TPSA) is 26.0 Å². The Balaban J connectivity index is 2.53. The molecular weight excluding hydrogens is 201 g/mol. The molecule has 0 aromatic heterocycles. The molecule has 2 aromatic carbocycles. The molecule has 0 atom stereocenters. The molecule has 0 saturated carbocycles. The van der Waals surface area contributed by atoms with E-state index in [9.17, 15) is 0 Å². The van der Waals surface area contributed by atoms with Crippen LogP contribution in [0.4, 0.5) is 5.69 Å². The Morgan fingerprint density at radius 1 is 0.933 bits per heavy atom. The molecule has 0 bridgehead atoms. The first-order valence-electron chi connectivity index (χ1n) is 4.72. The smallest absolute Gasteiger partial charge is 0.0329 e. The van der Waals surface area contributed by atoms with Gasteiger partial charge in [0.15, 0.2) is 0 Å². The number of nitrogen functional groups attached to an aromatic ring is 1. The molecule has 0 aliphatic heterocycles. The maximum atomic E-state index is 5.84. The lowest BCUT2D eigenvalue weighted by Gasteiger charge is -2.04. The van der Waals surface area contributed by atoms with Crippen LogP contribution in [-0.2, 0) is 0 Å². The predicted molar refractivity (Wildman–Crippen MR) is 70.0 cm³/mol. The number of benzene rings is 2. The van der Waals surface area contributed by atoms with Gasteiger partial charge in [0.2, 0.25) is 0 Å². The van der Waals surface area contributed by atoms with Crippen molar-refractivity contribution in [3.8, 4) is 11.1 Å². The standard InChI is InChI=1S/C13H12NP/c1-15-13-8-11(7-12(14)9-13)10-5-3-2-4-6-10/h2-9H,1,14H2. The van der Waals surface area contributed by atoms with Gasteiger partial charge >= 0.3 is 0 Å². The Kier molecular flexibility index (Phi) is 2.84. The van der Waals surface area contributed by atoms with Crippen LogP contribution in [0.1, 0.15) is 0 Å². The zero-order chi connectivity index (χ0) is 10.7. The fraction of sp³-hybridized carbons (Fsp3) is 0. The summed E-state index contributed by atoms with van der Waals surface area (Å²) < 4.78 is 0. The molecular formula is C13H12NP. The highest BCUT2D eigenvalue weighted by atomic mass is 31.1. The summed E-state index contributed by atoms with van der Waals surface area (Å²) in [6.07, 6.45) is 3.85. The van der Waals surface area contributed by atoms with Gasteiger partial charge in [-0.3, -0.25) is 0 Å². The van der Waals surface area contributed by atoms with Crippen LogP contribution in [0.3, 0.4) is 0 Å². The third-order valence-corrected chi connectivity index (χ3v) is 2.85. The van der Waals surface area contributed by atoms with Crippen LogP contribution in [0.15, 0.2) is 48.5 Å². The highest BCUT2D eigenvalue weighted by Gasteiger charge is 1.99. The summed E-state index contributed by atoms with van der Waals surface area (Å²) in [5.74, 6) is 0. The second kappa shape index (κ2) is 4.29. The monoisotopic (exact) mass is 213 g/mol. The van der Waals surface area contributed by atoms with Crippen LogP contribution < -0.4 is 11.0 Å². The minimum Gasteiger partial charge on any atom is -0.399 e. The molecule has 0 spiro atoms. The molecule has 2 rings (SSSR count). The van der Waals surface area contributed by atoms with Gasteiger partial charge in [-0.2, -0.15) is 0 Å². The Morgan fingerprint density at radius 3 is 2.33 bits per heavy atom. The highest BCUT2D eigenvalue weighted by molar-refractivity contribution is 7.45. The lowest BCUT2D eigenvalue weighted by Crippen LogP contribution is -1.96. The van der Waals surface area contributed by atoms with E-state index in [0.29, 0.717) is 0 Å². The SMILES string of the molecule is C=Pc1cc(N)cc(-c2ccccc2)c1. The summed E-state index contributed by atoms with van der Waals surface area (Å²) in [7, 11) is 1.000. The van der Waals surface area contributed by atoms with Crippen molar-refractivity contribution in [2.24, 2.45) is 0 Å². The van der Waals surface area contributed by atoms with Gasteiger partial charge in [-0.05, 0) is 29.3 Å². The summed E-state index contributed by atoms with van der Waals surface area (Å²) in [6, 6.07) is 16.3. The molecule has 1 nitrogen and oxygen atoms in total. The third kappa shape index (κ3) is 2.26. The number of anilines is 1. The second-order valence-corrected chi connectivity index (χ2v) is 4.17. The normalized spacial score (nSPS) is 10.4. The number of hydrogen-bond donors (Lipinski definition) is 1. The molecule has 2 N–H and O–H groups in total. The fourth-order valence-corrected chi connectivity index (χ4v) is 1.99. The molecule has 0 aliphatic rings. The van der Waals surface area contributed by atoms with Crippen LogP contribution >= 0.6 is 8.20 Å². The average molecular weight is 213 g/mol. The van der Waals surface area contributed by atoms with E-state index in [2.05, 4.69) is 24.5 Å². The van der Waals surface area contributed by atoms with Gasteiger partial charge in [-0.25, -0.2) is 0 Å². The minimum atomic E-state index is 0.794. The largest absolute Gasteiger partial charge is 0.399 e. The summed E-state index contributed by atoms with van der Waals surface area (Å²) in [5, 5.41) is 1.15. The van der Waals surface area contributed by atoms with Crippen molar-refractivity contribution >= 4 is 25.5 Å². The maximum absolute atomic E-state index is 5.84. The van der Waals surface area contributed by atoms with Crippen molar-refractivity contribution in [1.29, 1.82) is 0 Å². The van der Waals surface area contributed by atoms with Gasteiger partial charge in [0, 0.05) is 11.0 Å². The van der Waals surface area contributed by atoms with Crippen LogP contribution in [0, 0.1) is 0 Å². The number of hydrogen-bond acceptors (Lipinski definition) is 1. The lowest BCUT2D eigenvalue weighted by atomic mass is 10.1. The van der Waals surface area contributed by atoms with E-state index in [1.807, 2.05) is 30.3 Å². The van der Waals surface area contributed by atoms with Crippen LogP contribution in [0.25, 0.3) is 11.1 Å². The zero-order valence-corrected chi connectivity index (χ0v) is 9.24. The van der Waals surface area contributed by atoms with Crippen LogP contribution in [0.2, 0.25) is 0 Å². The van der Waals surface area contributed by atoms with Crippen molar-refractivity contribution in [3.05, 3.63) is 48.5 Å². The Morgan fingerprint density at radius 2 is 1.67 bits per heavy atom. The molecule has 0 fully saturated rings. The number of nitrogens with two attached hydrogens (primary N) is 1. The van der Waals surface area contributed by atoms with Crippen molar-refractivity contribution in [1.82, 2.24) is 0 Å². The molecule has 15 heavy (non-hydrogen) atoms. The van der Waals surface area contributed by atoms with E-state index in [4.69, 9.17) is 5.73 Å². The van der Waals surface area contributed by atoms with Gasteiger partial charge in [-0.1, -0.05) is 44.8 Å². The van der Waals surface area contributed by atoms with Gasteiger partial charge < -0.3 is 5.73 Å². The van der Waals surface area contributed by atoms with E-state index in [1.54, 1.807) is 0 Å². The van der Waals surface area contributed by atoms with Gasteiger partial charge in [-0.15, -0.1) is 0 Å². The Hall–Kier alpha value is -1.59. The van der Waals surface area contributed by atoms with Gasteiger partial charge in [0.1, 0.15) is 0 Å². The predicted octanol–water partition coefficient (Wildman–Crippen LogP) is 2.94. The minimum absolute atomic E-state index is 0.794. The maximum Gasteiger partial charge on any atom is 0.0329 e. The molecule has 0 aliphatic carbocycles. The summed E-state index contributed by atoms with van der Waals surface area (Å²) in [5.41, 5.74) is 8.98. The van der Waals surface area contributed by atoms with E-state index in [0.717, 1.165) is 24.8 Å². The molecule has 74 valence electrons. The molecule has 2 heteroatoms. The lowest BCUT2D eigenvalue weighted by molar-refractivity contribution is 1.63. The van der Waals surface area contributed by atoms with E-state index in [-0.39, 0.29) is 0 Å². The first-order chi connectivity index (χ1) is 7.29. The fourth-order valence-electron chi connectivity index (χ4n) is 1.52. The second-order valence-electron chi connectivity index (χ2n) is 3.34. The van der Waals surface area contributed by atoms with Crippen molar-refractivity contribution in [3.63, 3.8) is 0 Å². The average Bonchev–Trinajstić information content (AvgIpc) is 2.29. The molecule has 2 aromatic rings. The summed E-state index contributed by atoms with van der Waals surface area (Å²) in [4.78, 5) is 0. The van der Waals surface area contributed by atoms with Crippen LogP contribution in [0.5, 0.6) is 0 Å². The van der Waals surface area contributed by atoms with E-state index >= 15 is 0 Å². The Labute approximate surface area is 91.4 Å². The molecule has 0 heterocycles. The number of rotatable bonds is 2. The van der Waals surface area contributed by atoms with Crippen molar-refractivity contribution in [2.45, 2.75) is 0 Å². The summed E-state index contributed by atoms with van der Waals surface area (Å²) >= 11 is 0. The molecule has 0 radical (unpaired) electrons.